The number of amides is 2. The lowest BCUT2D eigenvalue weighted by molar-refractivity contribution is -0.144. The number of carboxylic acids is 5. The summed E-state index contributed by atoms with van der Waals surface area (Å²) in [6, 6.07) is 5.04. The number of nitrogens with one attached hydrogen (secondary N) is 2. The average Bonchev–Trinajstić information content (AvgIpc) is 3.28. The zero-order chi connectivity index (χ0) is 36.0. The molecule has 1 aromatic carbocycles. The van der Waals surface area contributed by atoms with Crippen molar-refractivity contribution in [2.75, 3.05) is 64.2 Å². The van der Waals surface area contributed by atoms with Gasteiger partial charge in [-0.25, -0.2) is 0 Å². The monoisotopic (exact) mass is 694 g/mol. The molecule has 0 saturated heterocycles. The summed E-state index contributed by atoms with van der Waals surface area (Å²) in [6.07, 6.45) is 2.43. The fourth-order valence-electron chi connectivity index (χ4n) is 4.97. The van der Waals surface area contributed by atoms with Crippen molar-refractivity contribution in [1.82, 2.24) is 24.9 Å². The second kappa shape index (κ2) is 19.0. The maximum absolute atomic E-state index is 11.8. The van der Waals surface area contributed by atoms with E-state index >= 15 is 0 Å². The first-order valence-electron chi connectivity index (χ1n) is 14.5. The maximum Gasteiger partial charge on any atom is 0.317 e. The summed E-state index contributed by atoms with van der Waals surface area (Å²) in [5, 5.41) is 53.1. The summed E-state index contributed by atoms with van der Waals surface area (Å²) in [5.41, 5.74) is 1.18. The molecule has 1 aliphatic heterocycles. The van der Waals surface area contributed by atoms with Crippen molar-refractivity contribution < 1.29 is 59.1 Å². The molecular formula is C29H38N6O12S. The number of carbonyl (C=O) groups is 7. The molecule has 0 unspecified atom stereocenters. The number of hydrogen-bond donors (Lipinski definition) is 7. The number of hydrogen-bond acceptors (Lipinski definition) is 11. The van der Waals surface area contributed by atoms with Crippen molar-refractivity contribution in [2.45, 2.75) is 25.4 Å². The van der Waals surface area contributed by atoms with E-state index in [4.69, 9.17) is 12.2 Å². The van der Waals surface area contributed by atoms with E-state index in [1.165, 1.54) is 28.9 Å². The summed E-state index contributed by atoms with van der Waals surface area (Å²) in [7, 11) is 0. The van der Waals surface area contributed by atoms with E-state index in [0.29, 0.717) is 11.3 Å². The van der Waals surface area contributed by atoms with E-state index in [9.17, 15) is 59.1 Å². The fraction of sp³-hybridized carbons (Fsp3) is 0.448. The largest absolute Gasteiger partial charge is 0.480 e. The lowest BCUT2D eigenvalue weighted by Crippen LogP contribution is -2.53. The minimum atomic E-state index is -1.32. The zero-order valence-corrected chi connectivity index (χ0v) is 26.8. The number of imide groups is 1. The quantitative estimate of drug-likeness (QED) is 0.0540. The third kappa shape index (κ3) is 14.2. The van der Waals surface area contributed by atoms with Crippen LogP contribution in [0.25, 0.3) is 0 Å². The van der Waals surface area contributed by atoms with Crippen LogP contribution in [0, 0.1) is 0 Å². The molecule has 0 fully saturated rings. The van der Waals surface area contributed by atoms with Gasteiger partial charge in [0, 0.05) is 56.1 Å². The van der Waals surface area contributed by atoms with Crippen molar-refractivity contribution in [3.8, 4) is 0 Å². The first kappa shape index (κ1) is 39.2. The summed E-state index contributed by atoms with van der Waals surface area (Å²) < 4.78 is 0. The third-order valence-electron chi connectivity index (χ3n) is 7.05. The van der Waals surface area contributed by atoms with Gasteiger partial charge in [-0.05, 0) is 43.3 Å². The van der Waals surface area contributed by atoms with E-state index in [-0.39, 0.29) is 37.7 Å². The van der Waals surface area contributed by atoms with Gasteiger partial charge in [-0.2, -0.15) is 0 Å². The highest BCUT2D eigenvalue weighted by atomic mass is 32.1. The van der Waals surface area contributed by atoms with Gasteiger partial charge in [0.1, 0.15) is 0 Å². The Hall–Kier alpha value is -4.98. The molecule has 2 amide bonds. The van der Waals surface area contributed by atoms with E-state index in [2.05, 4.69) is 10.6 Å². The molecule has 0 bridgehead atoms. The molecule has 0 spiro atoms. The Morgan fingerprint density at radius 3 is 1.71 bits per heavy atom. The van der Waals surface area contributed by atoms with Gasteiger partial charge in [-0.1, -0.05) is 12.1 Å². The molecule has 18 nitrogen and oxygen atoms in total. The van der Waals surface area contributed by atoms with Gasteiger partial charge in [-0.3, -0.25) is 53.2 Å². The first-order valence-corrected chi connectivity index (χ1v) is 14.9. The van der Waals surface area contributed by atoms with Crippen molar-refractivity contribution >= 4 is 64.7 Å². The number of rotatable bonds is 22. The van der Waals surface area contributed by atoms with Crippen LogP contribution in [0.4, 0.5) is 5.69 Å². The Bertz CT molecular complexity index is 1360. The number of aliphatic carboxylic acids is 5. The van der Waals surface area contributed by atoms with Crippen molar-refractivity contribution in [2.24, 2.45) is 0 Å². The Morgan fingerprint density at radius 1 is 0.750 bits per heavy atom. The highest BCUT2D eigenvalue weighted by Crippen LogP contribution is 2.16. The van der Waals surface area contributed by atoms with Gasteiger partial charge in [0.05, 0.1) is 32.7 Å². The van der Waals surface area contributed by atoms with Crippen LogP contribution in [0.2, 0.25) is 0 Å². The highest BCUT2D eigenvalue weighted by Gasteiger charge is 2.29. The SMILES string of the molecule is C[C@@H](CN(CC(=O)O)C[C@H](Cc1ccc(NC(=S)NCCN2C(=O)C=CC2=O)cc1)N(CC(=O)O)CC(=O)O)N(CC(=O)O)CC(=O)O. The topological polar surface area (TPSA) is 258 Å². The van der Waals surface area contributed by atoms with E-state index in [0.717, 1.165) is 9.80 Å². The van der Waals surface area contributed by atoms with Crippen molar-refractivity contribution in [3.63, 3.8) is 0 Å². The molecule has 0 radical (unpaired) electrons. The predicted molar refractivity (Wildman–Crippen MR) is 171 cm³/mol. The van der Waals surface area contributed by atoms with Crippen LogP contribution < -0.4 is 10.6 Å². The highest BCUT2D eigenvalue weighted by molar-refractivity contribution is 7.80. The molecule has 2 atom stereocenters. The van der Waals surface area contributed by atoms with E-state index < -0.39 is 86.5 Å². The van der Waals surface area contributed by atoms with Crippen LogP contribution in [-0.4, -0.2) is 163 Å². The van der Waals surface area contributed by atoms with Crippen LogP contribution in [0.15, 0.2) is 36.4 Å². The van der Waals surface area contributed by atoms with Gasteiger partial charge in [0.2, 0.25) is 0 Å². The Labute approximate surface area is 280 Å². The molecule has 0 saturated carbocycles. The second-order valence-corrected chi connectivity index (χ2v) is 11.3. The smallest absolute Gasteiger partial charge is 0.317 e. The van der Waals surface area contributed by atoms with Crippen LogP contribution in [-0.2, 0) is 40.0 Å². The second-order valence-electron chi connectivity index (χ2n) is 10.9. The number of anilines is 1. The Balaban J connectivity index is 2.21. The van der Waals surface area contributed by atoms with Crippen LogP contribution in [0.1, 0.15) is 12.5 Å². The summed E-state index contributed by atoms with van der Waals surface area (Å²) >= 11 is 5.27. The molecule has 48 heavy (non-hydrogen) atoms. The van der Waals surface area contributed by atoms with Gasteiger partial charge in [0.25, 0.3) is 11.8 Å². The molecular weight excluding hydrogens is 656 g/mol. The average molecular weight is 695 g/mol. The fourth-order valence-corrected chi connectivity index (χ4v) is 5.19. The summed E-state index contributed by atoms with van der Waals surface area (Å²) in [6.45, 7) is -1.65. The van der Waals surface area contributed by atoms with Gasteiger partial charge >= 0.3 is 29.8 Å². The number of benzene rings is 1. The van der Waals surface area contributed by atoms with Crippen molar-refractivity contribution in [3.05, 3.63) is 42.0 Å². The molecule has 2 rings (SSSR count). The van der Waals surface area contributed by atoms with Crippen molar-refractivity contribution in [1.29, 1.82) is 0 Å². The molecule has 0 aliphatic carbocycles. The van der Waals surface area contributed by atoms with Crippen LogP contribution >= 0.6 is 12.2 Å². The molecule has 262 valence electrons. The lowest BCUT2D eigenvalue weighted by atomic mass is 10.0. The van der Waals surface area contributed by atoms with Crippen LogP contribution in [0.3, 0.4) is 0 Å². The zero-order valence-electron chi connectivity index (χ0n) is 26.0. The first-order chi connectivity index (χ1) is 22.5. The standard InChI is InChI=1S/C29H38N6O12S/c1-18(33(14-25(40)41)15-26(42)43)11-32(13-24(38)39)12-21(34(16-27(44)45)17-28(46)47)10-19-2-4-20(5-3-19)31-29(48)30-8-9-35-22(36)6-7-23(35)37/h2-7,18,21H,8-17H2,1H3,(H,38,39)(H,40,41)(H,42,43)(H,44,45)(H,46,47)(H2,30,31,48)/t18-,21-/m0/s1. The number of nitrogens with zero attached hydrogens (tertiary/aromatic N) is 4. The normalized spacial score (nSPS) is 14.0. The lowest BCUT2D eigenvalue weighted by Gasteiger charge is -2.36. The third-order valence-corrected chi connectivity index (χ3v) is 7.29. The minimum Gasteiger partial charge on any atom is -0.480 e. The summed E-state index contributed by atoms with van der Waals surface area (Å²) in [4.78, 5) is 85.9. The van der Waals surface area contributed by atoms with E-state index in [1.54, 1.807) is 24.3 Å². The molecule has 1 aromatic rings. The number of carboxylic acid groups (broad SMARTS) is 5. The molecule has 1 heterocycles. The molecule has 1 aliphatic rings. The number of carbonyl (C=O) groups excluding carboxylic acids is 2. The van der Waals surface area contributed by atoms with Gasteiger partial charge in [0.15, 0.2) is 5.11 Å². The maximum atomic E-state index is 11.8. The van der Waals surface area contributed by atoms with Gasteiger partial charge < -0.3 is 36.2 Å². The molecule has 19 heteroatoms. The summed E-state index contributed by atoms with van der Waals surface area (Å²) in [5.74, 6) is -7.31. The van der Waals surface area contributed by atoms with Crippen LogP contribution in [0.5, 0.6) is 0 Å². The Morgan fingerprint density at radius 2 is 1.23 bits per heavy atom. The number of thiocarbonyl (C=S) groups is 1. The predicted octanol–water partition coefficient (Wildman–Crippen LogP) is -1.47. The Kier molecular flexibility index (Phi) is 15.5. The minimum absolute atomic E-state index is 0.0773. The molecule has 0 aromatic heterocycles. The van der Waals surface area contributed by atoms with E-state index in [1.807, 2.05) is 0 Å². The van der Waals surface area contributed by atoms with Gasteiger partial charge in [-0.15, -0.1) is 0 Å². The molecule has 7 N–H and O–H groups in total.